The van der Waals surface area contributed by atoms with E-state index in [4.69, 9.17) is 4.98 Å². The topological polar surface area (TPSA) is 46.1 Å². The molecule has 0 unspecified atom stereocenters. The van der Waals surface area contributed by atoms with Crippen LogP contribution in [0.25, 0.3) is 0 Å². The minimum absolute atomic E-state index is 0.0762. The van der Waals surface area contributed by atoms with Crippen molar-refractivity contribution < 1.29 is 4.79 Å². The highest BCUT2D eigenvalue weighted by molar-refractivity contribution is 5.79. The van der Waals surface area contributed by atoms with Crippen molar-refractivity contribution in [3.05, 3.63) is 95.1 Å². The molecule has 4 nitrogen and oxygen atoms in total. The second-order valence-electron chi connectivity index (χ2n) is 7.49. The molecule has 1 aliphatic heterocycles. The van der Waals surface area contributed by atoms with Crippen molar-refractivity contribution in [1.29, 1.82) is 0 Å². The number of hydrogen-bond acceptors (Lipinski definition) is 3. The fourth-order valence-corrected chi connectivity index (χ4v) is 3.85. The van der Waals surface area contributed by atoms with E-state index in [1.54, 1.807) is 12.4 Å². The third-order valence-electron chi connectivity index (χ3n) is 5.35. The molecule has 142 valence electrons. The van der Waals surface area contributed by atoms with Crippen LogP contribution in [0.3, 0.4) is 0 Å². The van der Waals surface area contributed by atoms with Crippen LogP contribution in [-0.2, 0) is 17.6 Å². The number of nitrogens with zero attached hydrogens (tertiary/aromatic N) is 3. The molecule has 1 atom stereocenters. The highest BCUT2D eigenvalue weighted by Gasteiger charge is 2.30. The predicted octanol–water partition coefficient (Wildman–Crippen LogP) is 4.28. The Hall–Kier alpha value is -3.01. The maximum absolute atomic E-state index is 12.9. The number of likely N-dealkylation sites (tertiary alicyclic amines) is 1. The van der Waals surface area contributed by atoms with Crippen molar-refractivity contribution in [1.82, 2.24) is 14.9 Å². The number of pyridine rings is 2. The zero-order valence-corrected chi connectivity index (χ0v) is 16.2. The van der Waals surface area contributed by atoms with Crippen molar-refractivity contribution in [3.63, 3.8) is 0 Å². The summed E-state index contributed by atoms with van der Waals surface area (Å²) in [5.41, 5.74) is 5.58. The number of aromatic nitrogens is 2. The smallest absolute Gasteiger partial charge is 0.227 e. The van der Waals surface area contributed by atoms with E-state index in [0.29, 0.717) is 6.42 Å². The zero-order valence-electron chi connectivity index (χ0n) is 16.2. The number of hydrogen-bond donors (Lipinski definition) is 0. The minimum Gasteiger partial charge on any atom is -0.334 e. The van der Waals surface area contributed by atoms with Crippen molar-refractivity contribution in [2.75, 3.05) is 6.54 Å². The average Bonchev–Trinajstić information content (AvgIpc) is 3.21. The van der Waals surface area contributed by atoms with E-state index in [9.17, 15) is 4.79 Å². The lowest BCUT2D eigenvalue weighted by Crippen LogP contribution is -2.32. The first-order chi connectivity index (χ1) is 13.7. The number of carbonyl (C=O) groups excluding carboxylic acids is 1. The van der Waals surface area contributed by atoms with E-state index in [1.165, 1.54) is 11.1 Å². The molecule has 1 aromatic carbocycles. The molecule has 0 aliphatic carbocycles. The van der Waals surface area contributed by atoms with E-state index < -0.39 is 0 Å². The van der Waals surface area contributed by atoms with Crippen molar-refractivity contribution in [3.8, 4) is 0 Å². The normalized spacial score (nSPS) is 16.3. The number of carbonyl (C=O) groups is 1. The van der Waals surface area contributed by atoms with Gasteiger partial charge in [0.15, 0.2) is 0 Å². The first-order valence-electron chi connectivity index (χ1n) is 9.89. The molecule has 28 heavy (non-hydrogen) atoms. The highest BCUT2D eigenvalue weighted by Crippen LogP contribution is 2.31. The van der Waals surface area contributed by atoms with Gasteiger partial charge in [0.1, 0.15) is 0 Å². The summed E-state index contributed by atoms with van der Waals surface area (Å²) in [5, 5.41) is 0. The Labute approximate surface area is 166 Å². The van der Waals surface area contributed by atoms with Crippen LogP contribution in [0.4, 0.5) is 0 Å². The molecular formula is C24H25N3O. The molecule has 0 spiro atoms. The molecule has 1 fully saturated rings. The van der Waals surface area contributed by atoms with Crippen molar-refractivity contribution in [2.45, 2.75) is 38.6 Å². The summed E-state index contributed by atoms with van der Waals surface area (Å²) in [7, 11) is 0. The molecular weight excluding hydrogens is 346 g/mol. The first kappa shape index (κ1) is 18.4. The van der Waals surface area contributed by atoms with Crippen LogP contribution in [0.2, 0.25) is 0 Å². The van der Waals surface area contributed by atoms with Crippen LogP contribution >= 0.6 is 0 Å². The molecule has 3 heterocycles. The van der Waals surface area contributed by atoms with Crippen LogP contribution in [0.1, 0.15) is 47.0 Å². The second kappa shape index (κ2) is 8.34. The Morgan fingerprint density at radius 3 is 2.61 bits per heavy atom. The summed E-state index contributed by atoms with van der Waals surface area (Å²) in [6.07, 6.45) is 6.70. The van der Waals surface area contributed by atoms with Crippen LogP contribution in [-0.4, -0.2) is 27.3 Å². The fraction of sp³-hybridized carbons (Fsp3) is 0.292. The quantitative estimate of drug-likeness (QED) is 0.672. The summed E-state index contributed by atoms with van der Waals surface area (Å²) in [4.78, 5) is 23.8. The summed E-state index contributed by atoms with van der Waals surface area (Å²) in [6, 6.07) is 18.7. The number of rotatable bonds is 5. The highest BCUT2D eigenvalue weighted by atomic mass is 16.2. The van der Waals surface area contributed by atoms with Gasteiger partial charge >= 0.3 is 0 Å². The third-order valence-corrected chi connectivity index (χ3v) is 5.35. The van der Waals surface area contributed by atoms with Gasteiger partial charge in [0.2, 0.25) is 5.91 Å². The molecule has 4 heteroatoms. The lowest BCUT2D eigenvalue weighted by Gasteiger charge is -2.25. The van der Waals surface area contributed by atoms with E-state index in [0.717, 1.165) is 42.8 Å². The van der Waals surface area contributed by atoms with Crippen LogP contribution in [0.5, 0.6) is 0 Å². The van der Waals surface area contributed by atoms with E-state index in [-0.39, 0.29) is 11.9 Å². The number of amides is 1. The molecule has 0 N–H and O–H groups in total. The summed E-state index contributed by atoms with van der Waals surface area (Å²) in [6.45, 7) is 2.90. The molecule has 3 aromatic rings. The van der Waals surface area contributed by atoms with Gasteiger partial charge in [-0.15, -0.1) is 0 Å². The largest absolute Gasteiger partial charge is 0.334 e. The Bertz CT molecular complexity index is 938. The van der Waals surface area contributed by atoms with Gasteiger partial charge in [0, 0.05) is 31.1 Å². The predicted molar refractivity (Wildman–Crippen MR) is 110 cm³/mol. The van der Waals surface area contributed by atoms with Gasteiger partial charge in [-0.1, -0.05) is 35.9 Å². The van der Waals surface area contributed by atoms with Crippen molar-refractivity contribution >= 4 is 5.91 Å². The summed E-state index contributed by atoms with van der Waals surface area (Å²) >= 11 is 0. The molecule has 4 rings (SSSR count). The molecule has 0 bridgehead atoms. The van der Waals surface area contributed by atoms with Crippen LogP contribution in [0, 0.1) is 6.92 Å². The van der Waals surface area contributed by atoms with Gasteiger partial charge in [-0.3, -0.25) is 14.8 Å². The van der Waals surface area contributed by atoms with Gasteiger partial charge in [0.25, 0.3) is 0 Å². The Kier molecular flexibility index (Phi) is 5.47. The molecule has 1 saturated heterocycles. The molecule has 1 aliphatic rings. The maximum Gasteiger partial charge on any atom is 0.227 e. The Morgan fingerprint density at radius 1 is 1.04 bits per heavy atom. The van der Waals surface area contributed by atoms with Crippen LogP contribution in [0.15, 0.2) is 67.0 Å². The van der Waals surface area contributed by atoms with E-state index in [2.05, 4.69) is 54.4 Å². The van der Waals surface area contributed by atoms with Crippen LogP contribution < -0.4 is 0 Å². The SMILES string of the molecule is Cc1ccc(Cc2cccc([C@H]3CCCN3C(=O)Cc3ccncc3)n2)cc1. The van der Waals surface area contributed by atoms with E-state index >= 15 is 0 Å². The standard InChI is InChI=1S/C24H25N3O/c1-18-7-9-19(10-8-18)16-21-4-2-5-22(26-21)23-6-3-15-27(23)24(28)17-20-11-13-25-14-12-20/h2,4-5,7-14,23H,3,6,15-17H2,1H3/t23-/m1/s1. The maximum atomic E-state index is 12.9. The molecule has 0 radical (unpaired) electrons. The summed E-state index contributed by atoms with van der Waals surface area (Å²) in [5.74, 6) is 0.166. The Balaban J connectivity index is 1.49. The van der Waals surface area contributed by atoms with Crippen molar-refractivity contribution in [2.24, 2.45) is 0 Å². The van der Waals surface area contributed by atoms with Gasteiger partial charge < -0.3 is 4.90 Å². The third kappa shape index (κ3) is 4.28. The lowest BCUT2D eigenvalue weighted by atomic mass is 10.1. The molecule has 0 saturated carbocycles. The minimum atomic E-state index is 0.0762. The van der Waals surface area contributed by atoms with Gasteiger partial charge in [0.05, 0.1) is 18.2 Å². The Morgan fingerprint density at radius 2 is 1.82 bits per heavy atom. The second-order valence-corrected chi connectivity index (χ2v) is 7.49. The first-order valence-corrected chi connectivity index (χ1v) is 9.89. The lowest BCUT2D eigenvalue weighted by molar-refractivity contribution is -0.131. The average molecular weight is 371 g/mol. The molecule has 1 amide bonds. The molecule has 2 aromatic heterocycles. The van der Waals surface area contributed by atoms with Gasteiger partial charge in [-0.05, 0) is 55.2 Å². The van der Waals surface area contributed by atoms with Gasteiger partial charge in [-0.25, -0.2) is 0 Å². The number of benzene rings is 1. The fourth-order valence-electron chi connectivity index (χ4n) is 3.85. The zero-order chi connectivity index (χ0) is 19.3. The number of aryl methyl sites for hydroxylation is 1. The van der Waals surface area contributed by atoms with E-state index in [1.807, 2.05) is 17.0 Å². The van der Waals surface area contributed by atoms with Gasteiger partial charge in [-0.2, -0.15) is 0 Å². The monoisotopic (exact) mass is 371 g/mol. The summed E-state index contributed by atoms with van der Waals surface area (Å²) < 4.78 is 0.